The Morgan fingerprint density at radius 2 is 1.03 bits per heavy atom. The fourth-order valence-electron chi connectivity index (χ4n) is 3.26. The zero-order valence-electron chi connectivity index (χ0n) is 20.1. The molecule has 0 aromatic carbocycles. The van der Waals surface area contributed by atoms with Gasteiger partial charge in [0.2, 0.25) is 5.91 Å². The number of unbranched alkanes of at least 4 members (excludes halogenated alkanes) is 12. The second kappa shape index (κ2) is 21.8. The maximum absolute atomic E-state index is 11.7. The van der Waals surface area contributed by atoms with Gasteiger partial charge in [0.15, 0.2) is 0 Å². The molecule has 0 saturated heterocycles. The zero-order chi connectivity index (χ0) is 25.4. The second-order valence-corrected chi connectivity index (χ2v) is 8.30. The molecule has 0 rings (SSSR count). The van der Waals surface area contributed by atoms with E-state index in [4.69, 9.17) is 15.3 Å². The Labute approximate surface area is 202 Å². The van der Waals surface area contributed by atoms with Crippen molar-refractivity contribution in [3.05, 3.63) is 0 Å². The number of carbonyl (C=O) groups is 4. The van der Waals surface area contributed by atoms with Crippen LogP contribution in [0.25, 0.3) is 0 Å². The molecule has 0 fully saturated rings. The van der Waals surface area contributed by atoms with Crippen molar-refractivity contribution in [1.29, 1.82) is 0 Å². The van der Waals surface area contributed by atoms with Crippen LogP contribution in [-0.2, 0) is 19.2 Å². The van der Waals surface area contributed by atoms with E-state index in [9.17, 15) is 19.2 Å². The molecule has 0 saturated carbocycles. The number of carboxylic acid groups (broad SMARTS) is 3. The molecule has 8 heteroatoms. The van der Waals surface area contributed by atoms with Gasteiger partial charge in [0, 0.05) is 25.7 Å². The van der Waals surface area contributed by atoms with Crippen LogP contribution in [0.4, 0.5) is 0 Å². The molecule has 0 radical (unpaired) electrons. The maximum atomic E-state index is 11.7. The van der Waals surface area contributed by atoms with Crippen LogP contribution in [0.15, 0.2) is 0 Å². The van der Waals surface area contributed by atoms with Gasteiger partial charge in [0.25, 0.3) is 0 Å². The van der Waals surface area contributed by atoms with E-state index in [1.165, 1.54) is 0 Å². The van der Waals surface area contributed by atoms with Crippen LogP contribution in [0.1, 0.15) is 109 Å². The van der Waals surface area contributed by atoms with Gasteiger partial charge in [-0.25, -0.2) is 4.79 Å². The van der Waals surface area contributed by atoms with Crippen molar-refractivity contribution in [3.8, 4) is 23.7 Å². The van der Waals surface area contributed by atoms with Crippen LogP contribution in [0.3, 0.4) is 0 Å². The van der Waals surface area contributed by atoms with Crippen LogP contribution in [-0.4, -0.2) is 45.2 Å². The van der Waals surface area contributed by atoms with Crippen LogP contribution in [0.5, 0.6) is 0 Å². The van der Waals surface area contributed by atoms with Crippen molar-refractivity contribution in [2.45, 2.75) is 115 Å². The van der Waals surface area contributed by atoms with Gasteiger partial charge < -0.3 is 20.6 Å². The monoisotopic (exact) mass is 477 g/mol. The minimum absolute atomic E-state index is 0.195. The van der Waals surface area contributed by atoms with Gasteiger partial charge in [-0.05, 0) is 37.5 Å². The van der Waals surface area contributed by atoms with Gasteiger partial charge in [-0.1, -0.05) is 63.2 Å². The fraction of sp³-hybridized carbons (Fsp3) is 0.692. The smallest absolute Gasteiger partial charge is 0.326 e. The van der Waals surface area contributed by atoms with Crippen molar-refractivity contribution < 1.29 is 34.5 Å². The lowest BCUT2D eigenvalue weighted by Gasteiger charge is -2.12. The van der Waals surface area contributed by atoms with Gasteiger partial charge in [-0.2, -0.15) is 0 Å². The molecule has 0 heterocycles. The van der Waals surface area contributed by atoms with Gasteiger partial charge in [0.05, 0.1) is 6.42 Å². The quantitative estimate of drug-likeness (QED) is 0.151. The molecule has 0 aliphatic carbocycles. The molecule has 0 aliphatic rings. The first kappa shape index (κ1) is 31.0. The Balaban J connectivity index is 3.55. The average molecular weight is 478 g/mol. The molecular weight excluding hydrogens is 438 g/mol. The lowest BCUT2D eigenvalue weighted by Crippen LogP contribution is -2.42. The highest BCUT2D eigenvalue weighted by Crippen LogP contribution is 2.09. The molecular formula is C26H39NO7. The number of carbonyl (C=O) groups excluding carboxylic acids is 1. The average Bonchev–Trinajstić information content (AvgIpc) is 2.76. The summed E-state index contributed by atoms with van der Waals surface area (Å²) in [6, 6.07) is -1.39. The van der Waals surface area contributed by atoms with Crippen molar-refractivity contribution >= 4 is 23.8 Å². The number of amides is 1. The number of hydrogen-bond acceptors (Lipinski definition) is 4. The van der Waals surface area contributed by atoms with E-state index in [1.54, 1.807) is 0 Å². The van der Waals surface area contributed by atoms with Crippen LogP contribution in [0, 0.1) is 23.7 Å². The molecule has 0 bridgehead atoms. The highest BCUT2D eigenvalue weighted by Gasteiger charge is 2.22. The summed E-state index contributed by atoms with van der Waals surface area (Å²) in [7, 11) is 0. The predicted octanol–water partition coefficient (Wildman–Crippen LogP) is 4.36. The third kappa shape index (κ3) is 22.2. The Bertz CT molecular complexity index is 740. The normalized spacial score (nSPS) is 10.8. The number of rotatable bonds is 20. The minimum Gasteiger partial charge on any atom is -0.481 e. The third-order valence-corrected chi connectivity index (χ3v) is 5.15. The summed E-state index contributed by atoms with van der Waals surface area (Å²) >= 11 is 0. The standard InChI is InChI=1S/C26H39NO7/c28-23(27-22(26(33)34)21-25(31)32)19-17-15-13-11-9-7-5-3-1-2-4-6-8-10-12-14-16-18-20-24(29)30/h22H,5-21H2,(H,27,28)(H,29,30)(H,31,32)(H,33,34)/t22-/m0/s1. The zero-order valence-corrected chi connectivity index (χ0v) is 20.1. The molecule has 0 unspecified atom stereocenters. The van der Waals surface area contributed by atoms with Crippen LogP contribution in [0.2, 0.25) is 0 Å². The van der Waals surface area contributed by atoms with Crippen LogP contribution < -0.4 is 5.32 Å². The number of aliphatic carboxylic acids is 3. The first-order valence-electron chi connectivity index (χ1n) is 12.2. The topological polar surface area (TPSA) is 141 Å². The molecule has 4 N–H and O–H groups in total. The fourth-order valence-corrected chi connectivity index (χ4v) is 3.26. The van der Waals surface area contributed by atoms with Crippen molar-refractivity contribution in [1.82, 2.24) is 5.32 Å². The van der Waals surface area contributed by atoms with E-state index in [1.807, 2.05) is 0 Å². The lowest BCUT2D eigenvalue weighted by atomic mass is 10.1. The second-order valence-electron chi connectivity index (χ2n) is 8.30. The summed E-state index contributed by atoms with van der Waals surface area (Å²) in [5.41, 5.74) is 0. The van der Waals surface area contributed by atoms with Gasteiger partial charge >= 0.3 is 17.9 Å². The van der Waals surface area contributed by atoms with Crippen molar-refractivity contribution in [3.63, 3.8) is 0 Å². The summed E-state index contributed by atoms with van der Waals surface area (Å²) in [6.07, 6.45) is 13.2. The minimum atomic E-state index is -1.39. The Kier molecular flexibility index (Phi) is 19.9. The maximum Gasteiger partial charge on any atom is 0.326 e. The van der Waals surface area contributed by atoms with Crippen molar-refractivity contribution in [2.24, 2.45) is 0 Å². The molecule has 0 spiro atoms. The summed E-state index contributed by atoms with van der Waals surface area (Å²) in [5.74, 6) is 8.14. The highest BCUT2D eigenvalue weighted by atomic mass is 16.4. The van der Waals surface area contributed by atoms with Crippen molar-refractivity contribution in [2.75, 3.05) is 0 Å². The first-order chi connectivity index (χ1) is 16.3. The molecule has 190 valence electrons. The molecule has 1 atom stereocenters. The first-order valence-corrected chi connectivity index (χ1v) is 12.2. The van der Waals surface area contributed by atoms with E-state index in [-0.39, 0.29) is 12.8 Å². The third-order valence-electron chi connectivity index (χ3n) is 5.15. The van der Waals surface area contributed by atoms with E-state index in [0.29, 0.717) is 6.42 Å². The summed E-state index contributed by atoms with van der Waals surface area (Å²) in [4.78, 5) is 43.7. The molecule has 1 amide bonds. The van der Waals surface area contributed by atoms with Crippen LogP contribution >= 0.6 is 0 Å². The number of nitrogens with one attached hydrogen (secondary N) is 1. The largest absolute Gasteiger partial charge is 0.481 e. The molecule has 0 aromatic rings. The van der Waals surface area contributed by atoms with Gasteiger partial charge in [0.1, 0.15) is 6.04 Å². The Morgan fingerprint density at radius 3 is 1.47 bits per heavy atom. The number of carboxylic acids is 3. The Morgan fingerprint density at radius 1 is 0.588 bits per heavy atom. The lowest BCUT2D eigenvalue weighted by molar-refractivity contribution is -0.147. The number of hydrogen-bond donors (Lipinski definition) is 4. The summed E-state index contributed by atoms with van der Waals surface area (Å²) < 4.78 is 0. The SMILES string of the molecule is O=C(O)CCCCCCCCC#CC#CCCCCCCCCC(=O)N[C@@H](CC(=O)O)C(=O)O. The van der Waals surface area contributed by atoms with E-state index >= 15 is 0 Å². The Hall–Kier alpha value is -3.00. The van der Waals surface area contributed by atoms with E-state index in [0.717, 1.165) is 83.5 Å². The van der Waals surface area contributed by atoms with Gasteiger partial charge in [-0.15, -0.1) is 0 Å². The molecule has 8 nitrogen and oxygen atoms in total. The molecule has 34 heavy (non-hydrogen) atoms. The molecule has 0 aliphatic heterocycles. The molecule has 0 aromatic heterocycles. The summed E-state index contributed by atoms with van der Waals surface area (Å²) in [5, 5.41) is 28.4. The van der Waals surface area contributed by atoms with E-state index < -0.39 is 36.3 Å². The predicted molar refractivity (Wildman–Crippen MR) is 129 cm³/mol. The van der Waals surface area contributed by atoms with E-state index in [2.05, 4.69) is 29.0 Å². The van der Waals surface area contributed by atoms with Gasteiger partial charge in [-0.3, -0.25) is 14.4 Å². The highest BCUT2D eigenvalue weighted by molar-refractivity contribution is 5.86. The summed E-state index contributed by atoms with van der Waals surface area (Å²) in [6.45, 7) is 0.